The van der Waals surface area contributed by atoms with E-state index in [0.29, 0.717) is 13.2 Å². The predicted molar refractivity (Wildman–Crippen MR) is 64.3 cm³/mol. The third-order valence-corrected chi connectivity index (χ3v) is 1.97. The summed E-state index contributed by atoms with van der Waals surface area (Å²) in [6, 6.07) is 0. The molecule has 0 rings (SSSR count). The van der Waals surface area contributed by atoms with Gasteiger partial charge in [-0.05, 0) is 25.7 Å². The topological polar surface area (TPSA) is 71.1 Å². The van der Waals surface area contributed by atoms with Crippen LogP contribution < -0.4 is 0 Å². The highest BCUT2D eigenvalue weighted by Crippen LogP contribution is 1.98. The molecule has 0 aliphatic carbocycles. The van der Waals surface area contributed by atoms with Crippen molar-refractivity contribution in [3.05, 3.63) is 12.2 Å². The Bertz CT molecular complexity index is 235. The van der Waals surface area contributed by atoms with Gasteiger partial charge in [-0.3, -0.25) is 0 Å². The van der Waals surface area contributed by atoms with Gasteiger partial charge in [0.15, 0.2) is 0 Å². The summed E-state index contributed by atoms with van der Waals surface area (Å²) in [6.07, 6.45) is 5.85. The zero-order chi connectivity index (χ0) is 13.6. The second kappa shape index (κ2) is 11.8. The predicted octanol–water partition coefficient (Wildman–Crippen LogP) is 2.67. The Balaban J connectivity index is 3.23. The van der Waals surface area contributed by atoms with Crippen molar-refractivity contribution >= 4 is 12.3 Å². The Labute approximate surface area is 107 Å². The van der Waals surface area contributed by atoms with Crippen LogP contribution in [0.5, 0.6) is 0 Å². The van der Waals surface area contributed by atoms with E-state index in [4.69, 9.17) is 9.47 Å². The van der Waals surface area contributed by atoms with Crippen LogP contribution in [0.3, 0.4) is 0 Å². The van der Waals surface area contributed by atoms with Crippen molar-refractivity contribution in [2.75, 3.05) is 27.4 Å². The van der Waals surface area contributed by atoms with Gasteiger partial charge in [0.1, 0.15) is 0 Å². The Hall–Kier alpha value is -1.72. The molecule has 104 valence electrons. The fraction of sp³-hybridized carbons (Fsp3) is 0.667. The molecule has 0 fully saturated rings. The van der Waals surface area contributed by atoms with Crippen LogP contribution in [0.15, 0.2) is 12.2 Å². The second-order valence-corrected chi connectivity index (χ2v) is 3.36. The molecular weight excluding hydrogens is 240 g/mol. The fourth-order valence-electron chi connectivity index (χ4n) is 1.07. The standard InChI is InChI=1S/C12H20O6/c1-15-11(13)17-9-7-5-3-4-6-8-10-18-12(14)16-2/h3-4H,5-10H2,1-2H3. The number of carbonyl (C=O) groups excluding carboxylic acids is 2. The first-order valence-electron chi connectivity index (χ1n) is 5.77. The zero-order valence-corrected chi connectivity index (χ0v) is 10.8. The minimum atomic E-state index is -0.654. The van der Waals surface area contributed by atoms with E-state index < -0.39 is 12.3 Å². The monoisotopic (exact) mass is 260 g/mol. The number of hydrogen-bond donors (Lipinski definition) is 0. The zero-order valence-electron chi connectivity index (χ0n) is 10.8. The number of allylic oxidation sites excluding steroid dienone is 2. The molecule has 0 aromatic rings. The number of ether oxygens (including phenoxy) is 4. The first kappa shape index (κ1) is 16.3. The Morgan fingerprint density at radius 1 is 0.833 bits per heavy atom. The number of methoxy groups -OCH3 is 2. The molecule has 0 aliphatic heterocycles. The minimum Gasteiger partial charge on any atom is -0.438 e. The first-order chi connectivity index (χ1) is 8.70. The molecule has 0 aromatic carbocycles. The van der Waals surface area contributed by atoms with E-state index in [9.17, 15) is 9.59 Å². The van der Waals surface area contributed by atoms with Crippen LogP contribution in [-0.4, -0.2) is 39.7 Å². The van der Waals surface area contributed by atoms with E-state index in [2.05, 4.69) is 9.47 Å². The molecule has 0 N–H and O–H groups in total. The number of rotatable bonds is 8. The maximum atomic E-state index is 10.6. The molecule has 0 bridgehead atoms. The summed E-state index contributed by atoms with van der Waals surface area (Å²) in [6.45, 7) is 0.699. The highest BCUT2D eigenvalue weighted by Gasteiger charge is 1.98. The molecule has 0 atom stereocenters. The van der Waals surface area contributed by atoms with Gasteiger partial charge >= 0.3 is 12.3 Å². The molecular formula is C12H20O6. The van der Waals surface area contributed by atoms with Crippen molar-refractivity contribution in [3.63, 3.8) is 0 Å². The lowest BCUT2D eigenvalue weighted by atomic mass is 10.2. The molecule has 6 nitrogen and oxygen atoms in total. The van der Waals surface area contributed by atoms with Crippen LogP contribution in [0.25, 0.3) is 0 Å². The molecule has 0 heterocycles. The van der Waals surface area contributed by atoms with Crippen LogP contribution in [0.4, 0.5) is 9.59 Å². The molecule has 0 saturated heterocycles. The molecule has 0 aliphatic rings. The lowest BCUT2D eigenvalue weighted by Gasteiger charge is -2.01. The lowest BCUT2D eigenvalue weighted by molar-refractivity contribution is 0.0709. The van der Waals surface area contributed by atoms with Gasteiger partial charge in [-0.1, -0.05) is 12.2 Å². The van der Waals surface area contributed by atoms with Crippen molar-refractivity contribution in [1.29, 1.82) is 0 Å². The average molecular weight is 260 g/mol. The van der Waals surface area contributed by atoms with Gasteiger partial charge < -0.3 is 18.9 Å². The summed E-state index contributed by atoms with van der Waals surface area (Å²) in [5.74, 6) is 0. The summed E-state index contributed by atoms with van der Waals surface area (Å²) in [5.41, 5.74) is 0. The Morgan fingerprint density at radius 3 is 1.56 bits per heavy atom. The summed E-state index contributed by atoms with van der Waals surface area (Å²) in [7, 11) is 2.55. The van der Waals surface area contributed by atoms with Gasteiger partial charge in [-0.2, -0.15) is 0 Å². The lowest BCUT2D eigenvalue weighted by Crippen LogP contribution is -2.05. The third kappa shape index (κ3) is 10.8. The van der Waals surface area contributed by atoms with E-state index in [1.165, 1.54) is 14.2 Å². The quantitative estimate of drug-likeness (QED) is 0.379. The normalized spacial score (nSPS) is 10.1. The Kier molecular flexibility index (Phi) is 10.6. The molecule has 0 saturated carbocycles. The van der Waals surface area contributed by atoms with Crippen LogP contribution in [0, 0.1) is 0 Å². The summed E-state index contributed by atoms with van der Waals surface area (Å²) < 4.78 is 18.1. The minimum absolute atomic E-state index is 0.350. The van der Waals surface area contributed by atoms with Crippen LogP contribution in [0.2, 0.25) is 0 Å². The highest BCUT2D eigenvalue weighted by molar-refractivity contribution is 5.59. The van der Waals surface area contributed by atoms with Gasteiger partial charge in [0.2, 0.25) is 0 Å². The van der Waals surface area contributed by atoms with Crippen molar-refractivity contribution in [2.45, 2.75) is 25.7 Å². The molecule has 0 spiro atoms. The fourth-order valence-corrected chi connectivity index (χ4v) is 1.07. The summed E-state index contributed by atoms with van der Waals surface area (Å²) in [4.78, 5) is 21.2. The molecule has 0 radical (unpaired) electrons. The largest absolute Gasteiger partial charge is 0.507 e. The SMILES string of the molecule is COC(=O)OCCCC=CCCCOC(=O)OC. The van der Waals surface area contributed by atoms with Crippen molar-refractivity contribution < 1.29 is 28.5 Å². The van der Waals surface area contributed by atoms with Gasteiger partial charge in [-0.15, -0.1) is 0 Å². The average Bonchev–Trinajstić information content (AvgIpc) is 2.40. The molecule has 18 heavy (non-hydrogen) atoms. The van der Waals surface area contributed by atoms with Crippen LogP contribution in [-0.2, 0) is 18.9 Å². The Morgan fingerprint density at radius 2 is 1.22 bits per heavy atom. The van der Waals surface area contributed by atoms with Gasteiger partial charge in [0.05, 0.1) is 27.4 Å². The summed E-state index contributed by atoms with van der Waals surface area (Å²) >= 11 is 0. The van der Waals surface area contributed by atoms with Crippen LogP contribution >= 0.6 is 0 Å². The van der Waals surface area contributed by atoms with Gasteiger partial charge in [0, 0.05) is 0 Å². The van der Waals surface area contributed by atoms with E-state index >= 15 is 0 Å². The second-order valence-electron chi connectivity index (χ2n) is 3.36. The van der Waals surface area contributed by atoms with E-state index in [-0.39, 0.29) is 0 Å². The van der Waals surface area contributed by atoms with E-state index in [0.717, 1.165) is 25.7 Å². The van der Waals surface area contributed by atoms with Gasteiger partial charge in [-0.25, -0.2) is 9.59 Å². The van der Waals surface area contributed by atoms with Crippen molar-refractivity contribution in [2.24, 2.45) is 0 Å². The smallest absolute Gasteiger partial charge is 0.438 e. The molecule has 0 amide bonds. The maximum absolute atomic E-state index is 10.6. The van der Waals surface area contributed by atoms with Crippen molar-refractivity contribution in [1.82, 2.24) is 0 Å². The molecule has 0 unspecified atom stereocenters. The van der Waals surface area contributed by atoms with Crippen molar-refractivity contribution in [3.8, 4) is 0 Å². The third-order valence-electron chi connectivity index (χ3n) is 1.97. The molecule has 6 heteroatoms. The number of unbranched alkanes of at least 4 members (excludes halogenated alkanes) is 2. The van der Waals surface area contributed by atoms with E-state index in [1.54, 1.807) is 0 Å². The number of carbonyl (C=O) groups is 2. The van der Waals surface area contributed by atoms with E-state index in [1.807, 2.05) is 12.2 Å². The summed E-state index contributed by atoms with van der Waals surface area (Å²) in [5, 5.41) is 0. The number of hydrogen-bond acceptors (Lipinski definition) is 6. The first-order valence-corrected chi connectivity index (χ1v) is 5.77. The molecule has 0 aromatic heterocycles. The van der Waals surface area contributed by atoms with Gasteiger partial charge in [0.25, 0.3) is 0 Å². The highest BCUT2D eigenvalue weighted by atomic mass is 16.7. The maximum Gasteiger partial charge on any atom is 0.507 e. The van der Waals surface area contributed by atoms with Crippen LogP contribution in [0.1, 0.15) is 25.7 Å².